The van der Waals surface area contributed by atoms with Gasteiger partial charge >= 0.3 is 0 Å². The van der Waals surface area contributed by atoms with Crippen LogP contribution in [-0.4, -0.2) is 26.1 Å². The van der Waals surface area contributed by atoms with Gasteiger partial charge in [-0.2, -0.15) is 0 Å². The third-order valence-electron chi connectivity index (χ3n) is 3.62. The Morgan fingerprint density at radius 3 is 2.38 bits per heavy atom. The molecule has 0 bridgehead atoms. The molecular weight excluding hydrogens is 286 g/mol. The minimum atomic E-state index is -3.46. The second-order valence-electron chi connectivity index (χ2n) is 6.06. The average molecular weight is 311 g/mol. The first-order valence-corrected chi connectivity index (χ1v) is 8.99. The molecule has 0 aliphatic heterocycles. The Labute approximate surface area is 127 Å². The van der Waals surface area contributed by atoms with Gasteiger partial charge in [-0.05, 0) is 37.8 Å². The topological polar surface area (TPSA) is 63.2 Å². The second kappa shape index (κ2) is 7.07. The lowest BCUT2D eigenvalue weighted by Crippen LogP contribution is -2.39. The number of amides is 1. The number of nitrogens with one attached hydrogen (secondary N) is 1. The molecule has 0 aromatic heterocycles. The summed E-state index contributed by atoms with van der Waals surface area (Å²) in [5.41, 5.74) is 2.71. The Balaban J connectivity index is 2.74. The van der Waals surface area contributed by atoms with Crippen molar-refractivity contribution in [3.8, 4) is 0 Å². The highest BCUT2D eigenvalue weighted by Crippen LogP contribution is 2.14. The van der Waals surface area contributed by atoms with Crippen molar-refractivity contribution in [1.82, 2.24) is 5.32 Å². The molecule has 0 radical (unpaired) electrons. The predicted molar refractivity (Wildman–Crippen MR) is 85.8 cm³/mol. The molecule has 0 aliphatic rings. The summed E-state index contributed by atoms with van der Waals surface area (Å²) in [6, 6.07) is 5.68. The molecule has 0 aliphatic carbocycles. The van der Waals surface area contributed by atoms with Gasteiger partial charge in [0.15, 0.2) is 9.84 Å². The SMILES string of the molecule is Cc1ccc(C)c(CS(=O)(=O)CC(=O)NC(C)C(C)C)c1. The normalized spacial score (nSPS) is 13.2. The van der Waals surface area contributed by atoms with Gasteiger partial charge in [0, 0.05) is 6.04 Å². The van der Waals surface area contributed by atoms with E-state index < -0.39 is 21.5 Å². The van der Waals surface area contributed by atoms with Crippen LogP contribution in [0.2, 0.25) is 0 Å². The minimum absolute atomic E-state index is 0.0339. The lowest BCUT2D eigenvalue weighted by atomic mass is 10.1. The fourth-order valence-corrected chi connectivity index (χ4v) is 3.28. The van der Waals surface area contributed by atoms with Crippen LogP contribution >= 0.6 is 0 Å². The Hall–Kier alpha value is -1.36. The number of carbonyl (C=O) groups is 1. The van der Waals surface area contributed by atoms with Crippen LogP contribution < -0.4 is 5.32 Å². The maximum atomic E-state index is 12.2. The highest BCUT2D eigenvalue weighted by atomic mass is 32.2. The Morgan fingerprint density at radius 2 is 1.81 bits per heavy atom. The van der Waals surface area contributed by atoms with Crippen LogP contribution in [-0.2, 0) is 20.4 Å². The van der Waals surface area contributed by atoms with Crippen molar-refractivity contribution in [1.29, 1.82) is 0 Å². The summed E-state index contributed by atoms with van der Waals surface area (Å²) in [7, 11) is -3.46. The van der Waals surface area contributed by atoms with Crippen molar-refractivity contribution in [2.75, 3.05) is 5.75 Å². The molecule has 0 heterocycles. The first kappa shape index (κ1) is 17.7. The molecule has 1 unspecified atom stereocenters. The van der Waals surface area contributed by atoms with Gasteiger partial charge in [-0.25, -0.2) is 8.42 Å². The molecule has 1 rings (SSSR count). The van der Waals surface area contributed by atoms with Gasteiger partial charge in [0.2, 0.25) is 5.91 Å². The monoisotopic (exact) mass is 311 g/mol. The van der Waals surface area contributed by atoms with Crippen molar-refractivity contribution in [2.24, 2.45) is 5.92 Å². The van der Waals surface area contributed by atoms with Crippen molar-refractivity contribution in [3.63, 3.8) is 0 Å². The fraction of sp³-hybridized carbons (Fsp3) is 0.562. The van der Waals surface area contributed by atoms with Crippen LogP contribution in [0.1, 0.15) is 37.5 Å². The van der Waals surface area contributed by atoms with E-state index in [1.165, 1.54) is 0 Å². The maximum Gasteiger partial charge on any atom is 0.235 e. The summed E-state index contributed by atoms with van der Waals surface area (Å²) in [5.74, 6) is -0.710. The van der Waals surface area contributed by atoms with Crippen LogP contribution in [0.3, 0.4) is 0 Å². The molecule has 1 atom stereocenters. The quantitative estimate of drug-likeness (QED) is 0.877. The molecular formula is C16H25NO3S. The van der Waals surface area contributed by atoms with Crippen molar-refractivity contribution >= 4 is 15.7 Å². The van der Waals surface area contributed by atoms with E-state index >= 15 is 0 Å². The zero-order valence-electron chi connectivity index (χ0n) is 13.4. The molecule has 1 amide bonds. The van der Waals surface area contributed by atoms with Gasteiger partial charge in [0.25, 0.3) is 0 Å². The predicted octanol–water partition coefficient (Wildman–Crippen LogP) is 2.38. The van der Waals surface area contributed by atoms with Crippen LogP contribution in [0.15, 0.2) is 18.2 Å². The van der Waals surface area contributed by atoms with Crippen molar-refractivity contribution in [3.05, 3.63) is 34.9 Å². The molecule has 0 fully saturated rings. The summed E-state index contributed by atoms with van der Waals surface area (Å²) in [6.07, 6.45) is 0. The summed E-state index contributed by atoms with van der Waals surface area (Å²) in [4.78, 5) is 11.8. The molecule has 1 aromatic carbocycles. The zero-order valence-corrected chi connectivity index (χ0v) is 14.3. The van der Waals surface area contributed by atoms with Gasteiger partial charge < -0.3 is 5.32 Å². The number of benzene rings is 1. The first-order chi connectivity index (χ1) is 9.60. The summed E-state index contributed by atoms with van der Waals surface area (Å²) < 4.78 is 24.3. The number of hydrogen-bond acceptors (Lipinski definition) is 3. The third kappa shape index (κ3) is 5.87. The highest BCUT2D eigenvalue weighted by Gasteiger charge is 2.20. The van der Waals surface area contributed by atoms with Crippen LogP contribution in [0, 0.1) is 19.8 Å². The summed E-state index contributed by atoms with van der Waals surface area (Å²) >= 11 is 0. The fourth-order valence-electron chi connectivity index (χ4n) is 1.91. The van der Waals surface area contributed by atoms with Crippen LogP contribution in [0.5, 0.6) is 0 Å². The van der Waals surface area contributed by atoms with Gasteiger partial charge in [-0.15, -0.1) is 0 Å². The standard InChI is InChI=1S/C16H25NO3S/c1-11(2)14(5)17-16(18)10-21(19,20)9-15-8-12(3)6-7-13(15)4/h6-8,11,14H,9-10H2,1-5H3,(H,17,18). The number of rotatable bonds is 6. The molecule has 1 N–H and O–H groups in total. The number of hydrogen-bond donors (Lipinski definition) is 1. The second-order valence-corrected chi connectivity index (χ2v) is 8.13. The molecule has 4 nitrogen and oxygen atoms in total. The van der Waals surface area contributed by atoms with Crippen molar-refractivity contribution in [2.45, 2.75) is 46.4 Å². The minimum Gasteiger partial charge on any atom is -0.353 e. The average Bonchev–Trinajstić information content (AvgIpc) is 2.32. The van der Waals surface area contributed by atoms with E-state index in [0.717, 1.165) is 16.7 Å². The lowest BCUT2D eigenvalue weighted by Gasteiger charge is -2.17. The number of aryl methyl sites for hydroxylation is 2. The molecule has 0 saturated heterocycles. The van der Waals surface area contributed by atoms with Gasteiger partial charge in [-0.1, -0.05) is 37.6 Å². The maximum absolute atomic E-state index is 12.2. The summed E-state index contributed by atoms with van der Waals surface area (Å²) in [6.45, 7) is 9.64. The van der Waals surface area contributed by atoms with E-state index in [1.807, 2.05) is 52.8 Å². The third-order valence-corrected chi connectivity index (χ3v) is 5.07. The van der Waals surface area contributed by atoms with E-state index in [-0.39, 0.29) is 17.7 Å². The molecule has 5 heteroatoms. The van der Waals surface area contributed by atoms with E-state index in [2.05, 4.69) is 5.32 Å². The number of sulfone groups is 1. The Morgan fingerprint density at radius 1 is 1.19 bits per heavy atom. The molecule has 1 aromatic rings. The van der Waals surface area contributed by atoms with E-state index in [1.54, 1.807) is 0 Å². The van der Waals surface area contributed by atoms with E-state index in [0.29, 0.717) is 0 Å². The van der Waals surface area contributed by atoms with E-state index in [4.69, 9.17) is 0 Å². The van der Waals surface area contributed by atoms with Gasteiger partial charge in [0.1, 0.15) is 5.75 Å². The lowest BCUT2D eigenvalue weighted by molar-refractivity contribution is -0.119. The first-order valence-electron chi connectivity index (χ1n) is 7.16. The summed E-state index contributed by atoms with van der Waals surface area (Å²) in [5, 5.41) is 2.73. The van der Waals surface area contributed by atoms with E-state index in [9.17, 15) is 13.2 Å². The Kier molecular flexibility index (Phi) is 5.96. The zero-order chi connectivity index (χ0) is 16.2. The molecule has 118 valence electrons. The van der Waals surface area contributed by atoms with Gasteiger partial charge in [-0.3, -0.25) is 4.79 Å². The Bertz CT molecular complexity index is 606. The molecule has 21 heavy (non-hydrogen) atoms. The largest absolute Gasteiger partial charge is 0.353 e. The molecule has 0 spiro atoms. The highest BCUT2D eigenvalue weighted by molar-refractivity contribution is 7.91. The number of carbonyl (C=O) groups excluding carboxylic acids is 1. The van der Waals surface area contributed by atoms with Crippen LogP contribution in [0.4, 0.5) is 0 Å². The van der Waals surface area contributed by atoms with Gasteiger partial charge in [0.05, 0.1) is 5.75 Å². The van der Waals surface area contributed by atoms with Crippen LogP contribution in [0.25, 0.3) is 0 Å². The molecule has 0 saturated carbocycles. The van der Waals surface area contributed by atoms with Crippen molar-refractivity contribution < 1.29 is 13.2 Å². The smallest absolute Gasteiger partial charge is 0.235 e.